The van der Waals surface area contributed by atoms with Crippen molar-refractivity contribution >= 4 is 39.6 Å². The number of hydrogen-bond acceptors (Lipinski definition) is 8. The lowest BCUT2D eigenvalue weighted by Crippen LogP contribution is -2.44. The van der Waals surface area contributed by atoms with Gasteiger partial charge in [0.05, 0.1) is 30.0 Å². The monoisotopic (exact) mass is 548 g/mol. The number of fused-ring (bicyclic) bond motifs is 2. The third-order valence-electron chi connectivity index (χ3n) is 5.81. The Bertz CT molecular complexity index is 1370. The van der Waals surface area contributed by atoms with Crippen molar-refractivity contribution < 1.29 is 42.5 Å². The maximum absolute atomic E-state index is 13.0. The number of likely N-dealkylation sites (N-methyl/N-ethyl adjacent to an activating group) is 1. The van der Waals surface area contributed by atoms with Crippen LogP contribution in [0.15, 0.2) is 41.4 Å². The van der Waals surface area contributed by atoms with Crippen LogP contribution < -0.4 is 20.9 Å². The highest BCUT2D eigenvalue weighted by Crippen LogP contribution is 2.32. The summed E-state index contributed by atoms with van der Waals surface area (Å²) in [7, 11) is -3.11. The Hall–Kier alpha value is -4.17. The highest BCUT2D eigenvalue weighted by atomic mass is 32.2. The van der Waals surface area contributed by atoms with Crippen LogP contribution in [-0.4, -0.2) is 72.3 Å². The largest absolute Gasteiger partial charge is 0.490 e. The van der Waals surface area contributed by atoms with Gasteiger partial charge < -0.3 is 31.2 Å². The van der Waals surface area contributed by atoms with Gasteiger partial charge in [0.1, 0.15) is 6.04 Å². The summed E-state index contributed by atoms with van der Waals surface area (Å²) in [5.74, 6) is -3.89. The van der Waals surface area contributed by atoms with E-state index < -0.39 is 46.1 Å². The molecule has 1 aliphatic rings. The first-order chi connectivity index (χ1) is 17.9. The Morgan fingerprint density at radius 1 is 1.13 bits per heavy atom. The fraction of sp³-hybridized carbons (Fsp3) is 0.333. The number of nitrogens with zero attached hydrogens (tertiary/aromatic N) is 2. The van der Waals surface area contributed by atoms with E-state index in [1.165, 1.54) is 6.07 Å². The lowest BCUT2D eigenvalue weighted by molar-refractivity contribution is -0.147. The maximum atomic E-state index is 13.0. The smallest absolute Gasteiger partial charge is 0.343 e. The van der Waals surface area contributed by atoms with Gasteiger partial charge in [-0.1, -0.05) is 6.07 Å². The molecule has 0 spiro atoms. The standard InChI is InChI=1S/C24H28N4O9S/c1-28(18(22(31)32)13-21(29)30)38(34,35)10-8-14-4-7-19-20(11-14)37-23(33)17-6-5-16(27-24(25)26)12-15(17)3-2-9-36-19/h4-7,11-12,18H,2-3,8-10,13H2,1H3,(H,29,30)(H,31,32)(H4,25,26,27)/t18-/m0/s1. The van der Waals surface area contributed by atoms with Gasteiger partial charge in [-0.25, -0.2) is 18.2 Å². The number of hydrogen-bond donors (Lipinski definition) is 4. The third kappa shape index (κ3) is 7.20. The Morgan fingerprint density at radius 2 is 1.87 bits per heavy atom. The molecule has 0 fully saturated rings. The molecule has 0 radical (unpaired) electrons. The van der Waals surface area contributed by atoms with Crippen molar-refractivity contribution in [3.8, 4) is 11.5 Å². The van der Waals surface area contributed by atoms with E-state index in [1.54, 1.807) is 30.3 Å². The average molecular weight is 549 g/mol. The molecule has 0 unspecified atom stereocenters. The lowest BCUT2D eigenvalue weighted by Gasteiger charge is -2.23. The van der Waals surface area contributed by atoms with Gasteiger partial charge in [-0.3, -0.25) is 9.59 Å². The predicted molar refractivity (Wildman–Crippen MR) is 136 cm³/mol. The van der Waals surface area contributed by atoms with E-state index in [0.717, 1.165) is 7.05 Å². The van der Waals surface area contributed by atoms with Gasteiger partial charge in [0.25, 0.3) is 0 Å². The Balaban J connectivity index is 1.81. The summed E-state index contributed by atoms with van der Waals surface area (Å²) < 4.78 is 37.4. The van der Waals surface area contributed by atoms with Crippen molar-refractivity contribution in [2.75, 3.05) is 19.4 Å². The van der Waals surface area contributed by atoms with Gasteiger partial charge in [-0.2, -0.15) is 4.31 Å². The van der Waals surface area contributed by atoms with Crippen LogP contribution in [0.1, 0.15) is 34.3 Å². The minimum atomic E-state index is -4.14. The number of nitrogens with two attached hydrogens (primary N) is 2. The normalized spacial score (nSPS) is 14.3. The van der Waals surface area contributed by atoms with Gasteiger partial charge in [0, 0.05) is 7.05 Å². The number of ether oxygens (including phenoxy) is 2. The van der Waals surface area contributed by atoms with E-state index >= 15 is 0 Å². The van der Waals surface area contributed by atoms with Crippen molar-refractivity contribution in [2.24, 2.45) is 16.5 Å². The summed E-state index contributed by atoms with van der Waals surface area (Å²) in [6, 6.07) is 7.72. The molecule has 1 aliphatic heterocycles. The van der Waals surface area contributed by atoms with Gasteiger partial charge in [-0.15, -0.1) is 0 Å². The molecule has 0 saturated heterocycles. The summed E-state index contributed by atoms with van der Waals surface area (Å²) >= 11 is 0. The van der Waals surface area contributed by atoms with Crippen molar-refractivity contribution in [3.63, 3.8) is 0 Å². The zero-order valence-electron chi connectivity index (χ0n) is 20.5. The van der Waals surface area contributed by atoms with Crippen LogP contribution in [0.5, 0.6) is 11.5 Å². The molecular formula is C24H28N4O9S. The molecule has 0 amide bonds. The number of guanidine groups is 1. The van der Waals surface area contributed by atoms with Crippen LogP contribution in [0.25, 0.3) is 0 Å². The number of esters is 1. The molecule has 0 aromatic heterocycles. The highest BCUT2D eigenvalue weighted by Gasteiger charge is 2.33. The Labute approximate surface area is 218 Å². The first kappa shape index (κ1) is 28.4. The summed E-state index contributed by atoms with van der Waals surface area (Å²) in [5, 5.41) is 18.2. The van der Waals surface area contributed by atoms with E-state index in [9.17, 15) is 27.9 Å². The molecule has 14 heteroatoms. The van der Waals surface area contributed by atoms with Crippen molar-refractivity contribution in [1.82, 2.24) is 4.31 Å². The number of carboxylic acid groups (broad SMARTS) is 2. The third-order valence-corrected chi connectivity index (χ3v) is 7.66. The van der Waals surface area contributed by atoms with Crippen LogP contribution in [0.4, 0.5) is 5.69 Å². The average Bonchev–Trinajstić information content (AvgIpc) is 2.83. The number of aryl methyl sites for hydroxylation is 2. The van der Waals surface area contributed by atoms with Crippen molar-refractivity contribution in [1.29, 1.82) is 0 Å². The number of rotatable bonds is 9. The molecule has 2 aromatic carbocycles. The molecule has 204 valence electrons. The summed E-state index contributed by atoms with van der Waals surface area (Å²) in [6.07, 6.45) is 0.149. The van der Waals surface area contributed by atoms with Crippen LogP contribution in [-0.2, 0) is 32.5 Å². The second-order valence-electron chi connectivity index (χ2n) is 8.53. The Morgan fingerprint density at radius 3 is 2.53 bits per heavy atom. The first-order valence-electron chi connectivity index (χ1n) is 11.5. The maximum Gasteiger partial charge on any atom is 0.343 e. The molecule has 0 saturated carbocycles. The summed E-state index contributed by atoms with van der Waals surface area (Å²) in [6.45, 7) is 0.315. The summed E-state index contributed by atoms with van der Waals surface area (Å²) in [5.41, 5.74) is 12.8. The molecule has 0 aliphatic carbocycles. The fourth-order valence-electron chi connectivity index (χ4n) is 3.83. The number of carbonyl (C=O) groups excluding carboxylic acids is 1. The highest BCUT2D eigenvalue weighted by molar-refractivity contribution is 7.89. The van der Waals surface area contributed by atoms with Crippen LogP contribution in [0, 0.1) is 0 Å². The molecule has 1 heterocycles. The van der Waals surface area contributed by atoms with E-state index in [1.807, 2.05) is 0 Å². The number of benzene rings is 2. The molecular weight excluding hydrogens is 520 g/mol. The van der Waals surface area contributed by atoms with Gasteiger partial charge in [-0.05, 0) is 60.7 Å². The topological polar surface area (TPSA) is 212 Å². The molecule has 3 rings (SSSR count). The van der Waals surface area contributed by atoms with Crippen molar-refractivity contribution in [2.45, 2.75) is 31.7 Å². The molecule has 2 aromatic rings. The Kier molecular flexibility index (Phi) is 8.91. The number of aliphatic carboxylic acids is 2. The van der Waals surface area contributed by atoms with E-state index in [2.05, 4.69) is 4.99 Å². The van der Waals surface area contributed by atoms with Gasteiger partial charge >= 0.3 is 17.9 Å². The molecule has 6 N–H and O–H groups in total. The number of sulfonamides is 1. The lowest BCUT2D eigenvalue weighted by atomic mass is 10.0. The second kappa shape index (κ2) is 11.9. The van der Waals surface area contributed by atoms with E-state index in [-0.39, 0.29) is 18.1 Å². The zero-order chi connectivity index (χ0) is 28.0. The predicted octanol–water partition coefficient (Wildman–Crippen LogP) is 0.868. The van der Waals surface area contributed by atoms with Crippen LogP contribution in [0.2, 0.25) is 0 Å². The van der Waals surface area contributed by atoms with Crippen molar-refractivity contribution in [3.05, 3.63) is 53.1 Å². The number of carboxylic acids is 2. The quantitative estimate of drug-likeness (QED) is 0.149. The van der Waals surface area contributed by atoms with E-state index in [4.69, 9.17) is 26.0 Å². The molecule has 38 heavy (non-hydrogen) atoms. The minimum Gasteiger partial charge on any atom is -0.490 e. The van der Waals surface area contributed by atoms with Crippen LogP contribution >= 0.6 is 0 Å². The summed E-state index contributed by atoms with van der Waals surface area (Å²) in [4.78, 5) is 39.4. The number of carbonyl (C=O) groups is 3. The van der Waals surface area contributed by atoms with Gasteiger partial charge in [0.2, 0.25) is 10.0 Å². The molecule has 13 nitrogen and oxygen atoms in total. The van der Waals surface area contributed by atoms with E-state index in [0.29, 0.717) is 51.9 Å². The zero-order valence-corrected chi connectivity index (χ0v) is 21.3. The SMILES string of the molecule is CN([C@@H](CC(=O)O)C(=O)O)S(=O)(=O)CCc1ccc2c(c1)OC(=O)c1ccc(N=C(N)N)cc1CCCO2. The molecule has 1 atom stereocenters. The second-order valence-corrected chi connectivity index (χ2v) is 10.7. The van der Waals surface area contributed by atoms with Gasteiger partial charge in [0.15, 0.2) is 17.5 Å². The first-order valence-corrected chi connectivity index (χ1v) is 13.1. The fourth-order valence-corrected chi connectivity index (χ4v) is 5.17. The molecule has 0 bridgehead atoms. The minimum absolute atomic E-state index is 0.0601. The van der Waals surface area contributed by atoms with Crippen LogP contribution in [0.3, 0.4) is 0 Å². The number of aliphatic imine (C=N–C) groups is 1.